The number of benzene rings is 2. The minimum absolute atomic E-state index is 0.153. The Kier molecular flexibility index (Phi) is 5.43. The lowest BCUT2D eigenvalue weighted by molar-refractivity contribution is -0.114. The highest BCUT2D eigenvalue weighted by atomic mass is 35.5. The number of amides is 3. The van der Waals surface area contributed by atoms with Gasteiger partial charge in [0.25, 0.3) is 0 Å². The number of ether oxygens (including phenoxy) is 1. The lowest BCUT2D eigenvalue weighted by atomic mass is 10.2. The number of urea groups is 1. The molecule has 2 rings (SSSR count). The van der Waals surface area contributed by atoms with Crippen LogP contribution in [0.4, 0.5) is 21.9 Å². The van der Waals surface area contributed by atoms with Crippen molar-refractivity contribution in [3.05, 3.63) is 47.5 Å². The van der Waals surface area contributed by atoms with Gasteiger partial charge in [0.05, 0.1) is 12.1 Å². The number of halogens is 1. The number of nitrogens with one attached hydrogen (secondary N) is 3. The Labute approximate surface area is 138 Å². The fraction of sp³-hybridized carbons (Fsp3) is 0.125. The van der Waals surface area contributed by atoms with Gasteiger partial charge in [-0.3, -0.25) is 4.79 Å². The molecule has 6 nitrogen and oxygen atoms in total. The molecule has 0 aromatic heterocycles. The summed E-state index contributed by atoms with van der Waals surface area (Å²) in [7, 11) is 1.52. The van der Waals surface area contributed by atoms with Crippen LogP contribution in [0.15, 0.2) is 42.5 Å². The fourth-order valence-corrected chi connectivity index (χ4v) is 2.14. The molecule has 0 saturated carbocycles. The summed E-state index contributed by atoms with van der Waals surface area (Å²) in [5.41, 5.74) is 1.80. The van der Waals surface area contributed by atoms with Crippen molar-refractivity contribution in [3.8, 4) is 5.75 Å². The van der Waals surface area contributed by atoms with Crippen molar-refractivity contribution in [1.82, 2.24) is 0 Å². The third-order valence-corrected chi connectivity index (χ3v) is 3.17. The predicted molar refractivity (Wildman–Crippen MR) is 91.4 cm³/mol. The summed E-state index contributed by atoms with van der Waals surface area (Å²) >= 11 is 6.00. The number of methoxy groups -OCH3 is 1. The van der Waals surface area contributed by atoms with E-state index in [2.05, 4.69) is 16.0 Å². The zero-order chi connectivity index (χ0) is 16.8. The molecule has 0 saturated heterocycles. The average molecular weight is 334 g/mol. The highest BCUT2D eigenvalue weighted by molar-refractivity contribution is 6.32. The van der Waals surface area contributed by atoms with Crippen molar-refractivity contribution >= 4 is 40.6 Å². The molecule has 120 valence electrons. The molecule has 23 heavy (non-hydrogen) atoms. The first-order valence-electron chi connectivity index (χ1n) is 6.77. The first-order chi connectivity index (χ1) is 11.0. The van der Waals surface area contributed by atoms with E-state index in [9.17, 15) is 9.59 Å². The number of rotatable bonds is 4. The number of hydrogen-bond donors (Lipinski definition) is 3. The second kappa shape index (κ2) is 7.51. The zero-order valence-electron chi connectivity index (χ0n) is 12.6. The molecule has 0 atom stereocenters. The van der Waals surface area contributed by atoms with E-state index in [0.29, 0.717) is 27.8 Å². The van der Waals surface area contributed by atoms with E-state index in [4.69, 9.17) is 16.3 Å². The van der Waals surface area contributed by atoms with Crippen LogP contribution in [-0.2, 0) is 4.79 Å². The molecule has 0 unspecified atom stereocenters. The quantitative estimate of drug-likeness (QED) is 0.792. The summed E-state index contributed by atoms with van der Waals surface area (Å²) in [6.07, 6.45) is 0. The molecule has 3 amide bonds. The van der Waals surface area contributed by atoms with Crippen LogP contribution in [0.2, 0.25) is 5.02 Å². The Morgan fingerprint density at radius 1 is 0.913 bits per heavy atom. The fourth-order valence-electron chi connectivity index (χ4n) is 1.88. The van der Waals surface area contributed by atoms with Crippen molar-refractivity contribution in [1.29, 1.82) is 0 Å². The largest absolute Gasteiger partial charge is 0.495 e. The highest BCUT2D eigenvalue weighted by Crippen LogP contribution is 2.27. The van der Waals surface area contributed by atoms with Gasteiger partial charge in [-0.15, -0.1) is 0 Å². The molecule has 0 aliphatic heterocycles. The van der Waals surface area contributed by atoms with Crippen LogP contribution in [0.25, 0.3) is 0 Å². The number of hydrogen-bond acceptors (Lipinski definition) is 3. The third-order valence-electron chi connectivity index (χ3n) is 2.87. The molecule has 0 spiro atoms. The van der Waals surface area contributed by atoms with E-state index in [1.165, 1.54) is 14.0 Å². The topological polar surface area (TPSA) is 79.5 Å². The number of anilines is 3. The maximum Gasteiger partial charge on any atom is 0.323 e. The van der Waals surface area contributed by atoms with Crippen LogP contribution in [0, 0.1) is 0 Å². The van der Waals surface area contributed by atoms with E-state index < -0.39 is 6.03 Å². The summed E-state index contributed by atoms with van der Waals surface area (Å²) in [4.78, 5) is 22.9. The smallest absolute Gasteiger partial charge is 0.323 e. The van der Waals surface area contributed by atoms with E-state index in [1.807, 2.05) is 0 Å². The molecule has 0 aliphatic carbocycles. The predicted octanol–water partition coefficient (Wildman–Crippen LogP) is 3.95. The molecule has 0 bridgehead atoms. The standard InChI is InChI=1S/C16H16ClN3O3/c1-10(21)18-11-3-5-12(6-4-11)19-16(22)20-13-7-8-15(23-2)14(17)9-13/h3-9H,1-2H3,(H,18,21)(H2,19,20,22). The minimum atomic E-state index is -0.404. The molecule has 0 heterocycles. The SMILES string of the molecule is COc1ccc(NC(=O)Nc2ccc(NC(C)=O)cc2)cc1Cl. The normalized spacial score (nSPS) is 9.87. The van der Waals surface area contributed by atoms with Crippen LogP contribution < -0.4 is 20.7 Å². The maximum atomic E-state index is 11.9. The maximum absolute atomic E-state index is 11.9. The van der Waals surface area contributed by atoms with Crippen molar-refractivity contribution in [3.63, 3.8) is 0 Å². The van der Waals surface area contributed by atoms with Gasteiger partial charge in [0.2, 0.25) is 5.91 Å². The number of carbonyl (C=O) groups excluding carboxylic acids is 2. The van der Waals surface area contributed by atoms with E-state index in [0.717, 1.165) is 0 Å². The number of carbonyl (C=O) groups is 2. The first-order valence-corrected chi connectivity index (χ1v) is 7.15. The third kappa shape index (κ3) is 4.89. The van der Waals surface area contributed by atoms with Crippen molar-refractivity contribution in [2.24, 2.45) is 0 Å². The molecule has 3 N–H and O–H groups in total. The summed E-state index contributed by atoms with van der Waals surface area (Å²) in [5, 5.41) is 8.41. The van der Waals surface area contributed by atoms with E-state index in [1.54, 1.807) is 42.5 Å². The van der Waals surface area contributed by atoms with Crippen molar-refractivity contribution in [2.45, 2.75) is 6.92 Å². The lowest BCUT2D eigenvalue weighted by Crippen LogP contribution is -2.19. The van der Waals surface area contributed by atoms with Gasteiger partial charge in [-0.25, -0.2) is 4.79 Å². The Balaban J connectivity index is 1.96. The molecule has 0 fully saturated rings. The summed E-state index contributed by atoms with van der Waals surface area (Å²) in [6.45, 7) is 1.43. The second-order valence-electron chi connectivity index (χ2n) is 4.69. The van der Waals surface area contributed by atoms with Crippen LogP contribution in [0.1, 0.15) is 6.92 Å². The molecule has 7 heteroatoms. The molecule has 0 radical (unpaired) electrons. The summed E-state index contributed by atoms with van der Waals surface area (Å²) < 4.78 is 5.05. The Morgan fingerprint density at radius 2 is 1.43 bits per heavy atom. The molecule has 2 aromatic carbocycles. The Hall–Kier alpha value is -2.73. The van der Waals surface area contributed by atoms with E-state index in [-0.39, 0.29) is 5.91 Å². The summed E-state index contributed by atoms with van der Waals surface area (Å²) in [6, 6.07) is 11.3. The summed E-state index contributed by atoms with van der Waals surface area (Å²) in [5.74, 6) is 0.381. The van der Waals surface area contributed by atoms with Crippen LogP contribution in [0.3, 0.4) is 0 Å². The van der Waals surface area contributed by atoms with Gasteiger partial charge in [-0.05, 0) is 42.5 Å². The molecule has 0 aliphatic rings. The van der Waals surface area contributed by atoms with Gasteiger partial charge in [0.1, 0.15) is 5.75 Å². The average Bonchev–Trinajstić information content (AvgIpc) is 2.49. The van der Waals surface area contributed by atoms with Crippen molar-refractivity contribution < 1.29 is 14.3 Å². The van der Waals surface area contributed by atoms with Crippen molar-refractivity contribution in [2.75, 3.05) is 23.1 Å². The first kappa shape index (κ1) is 16.6. The van der Waals surface area contributed by atoms with Gasteiger partial charge in [0.15, 0.2) is 0 Å². The van der Waals surface area contributed by atoms with E-state index >= 15 is 0 Å². The van der Waals surface area contributed by atoms with Gasteiger partial charge >= 0.3 is 6.03 Å². The monoisotopic (exact) mass is 333 g/mol. The molecular formula is C16H16ClN3O3. The van der Waals surface area contributed by atoms with Gasteiger partial charge in [-0.2, -0.15) is 0 Å². The Bertz CT molecular complexity index is 717. The van der Waals surface area contributed by atoms with Gasteiger partial charge < -0.3 is 20.7 Å². The minimum Gasteiger partial charge on any atom is -0.495 e. The second-order valence-corrected chi connectivity index (χ2v) is 5.09. The van der Waals surface area contributed by atoms with Gasteiger partial charge in [-0.1, -0.05) is 11.6 Å². The Morgan fingerprint density at radius 3 is 1.96 bits per heavy atom. The van der Waals surface area contributed by atoms with Gasteiger partial charge in [0, 0.05) is 24.0 Å². The van der Waals surface area contributed by atoms with Crippen LogP contribution in [0.5, 0.6) is 5.75 Å². The van der Waals surface area contributed by atoms with Crippen LogP contribution >= 0.6 is 11.6 Å². The van der Waals surface area contributed by atoms with Crippen LogP contribution in [-0.4, -0.2) is 19.0 Å². The molecule has 2 aromatic rings. The molecular weight excluding hydrogens is 318 g/mol. The highest BCUT2D eigenvalue weighted by Gasteiger charge is 2.06. The lowest BCUT2D eigenvalue weighted by Gasteiger charge is -2.10. The zero-order valence-corrected chi connectivity index (χ0v) is 13.4.